The van der Waals surface area contributed by atoms with Gasteiger partial charge in [0, 0.05) is 18.0 Å². The quantitative estimate of drug-likeness (QED) is 0.635. The second-order valence-electron chi connectivity index (χ2n) is 5.73. The topological polar surface area (TPSA) is 106 Å². The molecule has 1 saturated heterocycles. The molecule has 2 aromatic rings. The molecule has 25 heavy (non-hydrogen) atoms. The number of amides is 1. The van der Waals surface area contributed by atoms with E-state index in [9.17, 15) is 13.2 Å². The van der Waals surface area contributed by atoms with Crippen molar-refractivity contribution in [2.75, 3.05) is 11.5 Å². The van der Waals surface area contributed by atoms with Crippen LogP contribution >= 0.6 is 11.6 Å². The van der Waals surface area contributed by atoms with Crippen molar-refractivity contribution in [3.05, 3.63) is 46.5 Å². The Morgan fingerprint density at radius 1 is 1.44 bits per heavy atom. The molecule has 10 heteroatoms. The van der Waals surface area contributed by atoms with Crippen LogP contribution < -0.4 is 5.43 Å². The number of pyridine rings is 1. The summed E-state index contributed by atoms with van der Waals surface area (Å²) >= 11 is 6.33. The van der Waals surface area contributed by atoms with Crippen LogP contribution in [0.5, 0.6) is 0 Å². The first-order valence-electron chi connectivity index (χ1n) is 7.56. The van der Waals surface area contributed by atoms with Crippen molar-refractivity contribution >= 4 is 33.6 Å². The van der Waals surface area contributed by atoms with E-state index in [4.69, 9.17) is 11.6 Å². The number of halogens is 1. The normalized spacial score (nSPS) is 19.4. The summed E-state index contributed by atoms with van der Waals surface area (Å²) in [7, 11) is -3.04. The largest absolute Gasteiger partial charge is 0.271 e. The fraction of sp³-hybridized carbons (Fsp3) is 0.333. The number of carbonyl (C=O) groups is 1. The van der Waals surface area contributed by atoms with Crippen molar-refractivity contribution in [3.63, 3.8) is 0 Å². The molecule has 1 atom stereocenters. The molecule has 0 saturated carbocycles. The lowest BCUT2D eigenvalue weighted by molar-refractivity contribution is 0.0955. The monoisotopic (exact) mass is 381 g/mol. The van der Waals surface area contributed by atoms with Crippen LogP contribution in [0.3, 0.4) is 0 Å². The second-order valence-corrected chi connectivity index (χ2v) is 8.31. The van der Waals surface area contributed by atoms with Crippen LogP contribution in [0.15, 0.2) is 29.6 Å². The van der Waals surface area contributed by atoms with Crippen LogP contribution in [0, 0.1) is 6.92 Å². The minimum Gasteiger partial charge on any atom is -0.267 e. The van der Waals surface area contributed by atoms with Gasteiger partial charge in [0.1, 0.15) is 5.15 Å². The van der Waals surface area contributed by atoms with E-state index in [0.717, 1.165) is 0 Å². The molecule has 132 valence electrons. The molecule has 1 aliphatic heterocycles. The van der Waals surface area contributed by atoms with Crippen molar-refractivity contribution in [1.82, 2.24) is 20.2 Å². The number of aryl methyl sites for hydroxylation is 1. The number of aromatic nitrogens is 3. The highest BCUT2D eigenvalue weighted by molar-refractivity contribution is 7.91. The van der Waals surface area contributed by atoms with E-state index < -0.39 is 9.84 Å². The molecule has 1 aliphatic rings. The lowest BCUT2D eigenvalue weighted by Crippen LogP contribution is -2.17. The van der Waals surface area contributed by atoms with E-state index in [1.54, 1.807) is 19.1 Å². The zero-order valence-corrected chi connectivity index (χ0v) is 15.0. The molecular weight excluding hydrogens is 366 g/mol. The van der Waals surface area contributed by atoms with E-state index in [1.165, 1.54) is 23.3 Å². The minimum atomic E-state index is -3.04. The molecule has 0 radical (unpaired) electrons. The molecule has 8 nitrogen and oxygen atoms in total. The molecule has 1 fully saturated rings. The highest BCUT2D eigenvalue weighted by atomic mass is 35.5. The molecule has 3 rings (SSSR count). The van der Waals surface area contributed by atoms with Crippen LogP contribution in [0.2, 0.25) is 5.15 Å². The molecule has 0 bridgehead atoms. The highest BCUT2D eigenvalue weighted by Gasteiger charge is 2.31. The predicted octanol–water partition coefficient (Wildman–Crippen LogP) is 1.36. The summed E-state index contributed by atoms with van der Waals surface area (Å²) < 4.78 is 24.8. The first-order chi connectivity index (χ1) is 11.9. The van der Waals surface area contributed by atoms with Crippen LogP contribution in [-0.2, 0) is 9.84 Å². The van der Waals surface area contributed by atoms with Gasteiger partial charge in [-0.1, -0.05) is 11.6 Å². The minimum absolute atomic E-state index is 0.0310. The Balaban J connectivity index is 1.74. The van der Waals surface area contributed by atoms with Crippen LogP contribution in [-0.4, -0.2) is 46.8 Å². The van der Waals surface area contributed by atoms with Gasteiger partial charge in [-0.15, -0.1) is 0 Å². The van der Waals surface area contributed by atoms with Crippen LogP contribution in [0.4, 0.5) is 0 Å². The van der Waals surface area contributed by atoms with Crippen molar-refractivity contribution < 1.29 is 13.2 Å². The van der Waals surface area contributed by atoms with Gasteiger partial charge >= 0.3 is 0 Å². The SMILES string of the molecule is Cc1nn([C@H]2CCS(=O)(=O)C2)c(Cl)c1/C=N\NC(=O)c1ccncc1. The van der Waals surface area contributed by atoms with E-state index in [0.29, 0.717) is 28.4 Å². The summed E-state index contributed by atoms with van der Waals surface area (Å²) in [6.45, 7) is 1.75. The summed E-state index contributed by atoms with van der Waals surface area (Å²) in [5, 5.41) is 8.54. The third kappa shape index (κ3) is 3.88. The number of hydrazone groups is 1. The third-order valence-corrected chi connectivity index (χ3v) is 6.05. The van der Waals surface area contributed by atoms with Crippen LogP contribution in [0.25, 0.3) is 0 Å². The number of hydrogen-bond donors (Lipinski definition) is 1. The Morgan fingerprint density at radius 2 is 2.16 bits per heavy atom. The van der Waals surface area contributed by atoms with Gasteiger partial charge in [0.25, 0.3) is 5.91 Å². The fourth-order valence-electron chi connectivity index (χ4n) is 2.61. The average molecular weight is 382 g/mol. The fourth-order valence-corrected chi connectivity index (χ4v) is 4.67. The van der Waals surface area contributed by atoms with E-state index in [-0.39, 0.29) is 23.5 Å². The van der Waals surface area contributed by atoms with Gasteiger partial charge in [-0.2, -0.15) is 10.2 Å². The Labute approximate surface area is 149 Å². The maximum absolute atomic E-state index is 11.9. The van der Waals surface area contributed by atoms with E-state index in [1.807, 2.05) is 0 Å². The van der Waals surface area contributed by atoms with Crippen molar-refractivity contribution in [1.29, 1.82) is 0 Å². The van der Waals surface area contributed by atoms with Crippen molar-refractivity contribution in [2.45, 2.75) is 19.4 Å². The zero-order chi connectivity index (χ0) is 18.0. The Bertz CT molecular complexity index is 924. The number of sulfone groups is 1. The van der Waals surface area contributed by atoms with Gasteiger partial charge in [0.2, 0.25) is 0 Å². The molecule has 1 N–H and O–H groups in total. The maximum Gasteiger partial charge on any atom is 0.271 e. The summed E-state index contributed by atoms with van der Waals surface area (Å²) in [4.78, 5) is 15.8. The first-order valence-corrected chi connectivity index (χ1v) is 9.76. The van der Waals surface area contributed by atoms with Gasteiger partial charge in [0.15, 0.2) is 9.84 Å². The molecule has 0 aromatic carbocycles. The van der Waals surface area contributed by atoms with Gasteiger partial charge < -0.3 is 0 Å². The van der Waals surface area contributed by atoms with Gasteiger partial charge in [-0.05, 0) is 25.5 Å². The third-order valence-electron chi connectivity index (χ3n) is 3.93. The number of carbonyl (C=O) groups excluding carboxylic acids is 1. The molecule has 0 aliphatic carbocycles. The molecule has 3 heterocycles. The lowest BCUT2D eigenvalue weighted by atomic mass is 10.2. The molecule has 0 spiro atoms. The highest BCUT2D eigenvalue weighted by Crippen LogP contribution is 2.29. The summed E-state index contributed by atoms with van der Waals surface area (Å²) in [5.41, 5.74) is 3.99. The van der Waals surface area contributed by atoms with Gasteiger partial charge in [-0.3, -0.25) is 9.78 Å². The molecule has 1 amide bonds. The van der Waals surface area contributed by atoms with Crippen LogP contribution in [0.1, 0.15) is 34.1 Å². The number of nitrogens with zero attached hydrogens (tertiary/aromatic N) is 4. The van der Waals surface area contributed by atoms with E-state index in [2.05, 4.69) is 20.6 Å². The number of hydrogen-bond acceptors (Lipinski definition) is 6. The zero-order valence-electron chi connectivity index (χ0n) is 13.4. The Hall–Kier alpha value is -2.26. The predicted molar refractivity (Wildman–Crippen MR) is 93.6 cm³/mol. The number of nitrogens with one attached hydrogen (secondary N) is 1. The second kappa shape index (κ2) is 6.93. The summed E-state index contributed by atoms with van der Waals surface area (Å²) in [6.07, 6.45) is 4.92. The molecule has 0 unspecified atom stereocenters. The summed E-state index contributed by atoms with van der Waals surface area (Å²) in [6, 6.07) is 2.87. The lowest BCUT2D eigenvalue weighted by Gasteiger charge is -2.09. The standard InChI is InChI=1S/C15H16ClN5O3S/c1-10-13(8-18-19-15(22)11-2-5-17-6-3-11)14(16)21(20-10)12-4-7-25(23,24)9-12/h2-3,5-6,8,12H,4,7,9H2,1H3,(H,19,22)/b18-8-/t12-/m0/s1. The summed E-state index contributed by atoms with van der Waals surface area (Å²) in [5.74, 6) is -0.205. The number of rotatable bonds is 4. The smallest absolute Gasteiger partial charge is 0.267 e. The molecular formula is C15H16ClN5O3S. The average Bonchev–Trinajstić information content (AvgIpc) is 3.08. The van der Waals surface area contributed by atoms with E-state index >= 15 is 0 Å². The Kier molecular flexibility index (Phi) is 4.87. The van der Waals surface area contributed by atoms with Crippen molar-refractivity contribution in [2.24, 2.45) is 5.10 Å². The maximum atomic E-state index is 11.9. The first kappa shape index (κ1) is 17.6. The van der Waals surface area contributed by atoms with Crippen molar-refractivity contribution in [3.8, 4) is 0 Å². The van der Waals surface area contributed by atoms with Gasteiger partial charge in [-0.25, -0.2) is 18.5 Å². The van der Waals surface area contributed by atoms with Gasteiger partial charge in [0.05, 0.1) is 35.0 Å². The Morgan fingerprint density at radius 3 is 2.80 bits per heavy atom. The molecule has 2 aromatic heterocycles.